The lowest BCUT2D eigenvalue weighted by Crippen LogP contribution is -2.34. The minimum Gasteiger partial charge on any atom is -0.435 e. The van der Waals surface area contributed by atoms with Crippen molar-refractivity contribution in [2.45, 2.75) is 54.3 Å². The lowest BCUT2D eigenvalue weighted by Gasteiger charge is -2.26. The summed E-state index contributed by atoms with van der Waals surface area (Å²) < 4.78 is 10.7. The van der Waals surface area contributed by atoms with Gasteiger partial charge in [0.05, 0.1) is 5.41 Å². The van der Waals surface area contributed by atoms with Crippen molar-refractivity contribution < 1.29 is 14.3 Å². The van der Waals surface area contributed by atoms with Crippen molar-refractivity contribution in [2.75, 3.05) is 6.61 Å². The van der Waals surface area contributed by atoms with Crippen LogP contribution >= 0.6 is 0 Å². The van der Waals surface area contributed by atoms with E-state index in [0.29, 0.717) is 6.61 Å². The van der Waals surface area contributed by atoms with E-state index in [1.54, 1.807) is 0 Å². The molecule has 0 saturated heterocycles. The summed E-state index contributed by atoms with van der Waals surface area (Å²) in [5, 5.41) is 0. The third-order valence-electron chi connectivity index (χ3n) is 2.53. The van der Waals surface area contributed by atoms with Crippen LogP contribution in [0.3, 0.4) is 0 Å². The summed E-state index contributed by atoms with van der Waals surface area (Å²) in [7, 11) is 0. The van der Waals surface area contributed by atoms with Crippen molar-refractivity contribution in [1.29, 1.82) is 0 Å². The van der Waals surface area contributed by atoms with Crippen molar-refractivity contribution in [2.24, 2.45) is 11.3 Å². The number of carbonyl (C=O) groups is 1. The predicted molar refractivity (Wildman–Crippen MR) is 60.4 cm³/mol. The van der Waals surface area contributed by atoms with Crippen LogP contribution in [0.5, 0.6) is 0 Å². The topological polar surface area (TPSA) is 35.5 Å². The SMILES string of the molecule is CCOC(OC(=O)C(C)(C)CC)C(C)C. The molecule has 0 aliphatic rings. The van der Waals surface area contributed by atoms with Gasteiger partial charge < -0.3 is 9.47 Å². The number of esters is 1. The Bertz CT molecular complexity index is 197. The van der Waals surface area contributed by atoms with Crippen molar-refractivity contribution in [3.63, 3.8) is 0 Å². The fourth-order valence-electron chi connectivity index (χ4n) is 0.936. The number of hydrogen-bond acceptors (Lipinski definition) is 3. The van der Waals surface area contributed by atoms with Gasteiger partial charge >= 0.3 is 5.97 Å². The fourth-order valence-corrected chi connectivity index (χ4v) is 0.936. The zero-order valence-electron chi connectivity index (χ0n) is 10.8. The van der Waals surface area contributed by atoms with Crippen LogP contribution in [0.1, 0.15) is 48.0 Å². The van der Waals surface area contributed by atoms with Gasteiger partial charge in [-0.15, -0.1) is 0 Å². The largest absolute Gasteiger partial charge is 0.435 e. The Hall–Kier alpha value is -0.570. The minimum atomic E-state index is -0.426. The molecular weight excluding hydrogens is 192 g/mol. The molecule has 0 aromatic carbocycles. The minimum absolute atomic E-state index is 0.182. The molecular formula is C12H24O3. The molecule has 0 spiro atoms. The molecule has 0 aromatic heterocycles. The number of carbonyl (C=O) groups excluding carboxylic acids is 1. The molecule has 0 radical (unpaired) electrons. The molecule has 0 aliphatic heterocycles. The van der Waals surface area contributed by atoms with Gasteiger partial charge in [-0.3, -0.25) is 4.79 Å². The molecule has 1 unspecified atom stereocenters. The first-order valence-electron chi connectivity index (χ1n) is 5.67. The molecule has 90 valence electrons. The average molecular weight is 216 g/mol. The normalized spacial score (nSPS) is 14.1. The van der Waals surface area contributed by atoms with Gasteiger partial charge in [-0.25, -0.2) is 0 Å². The number of rotatable bonds is 6. The summed E-state index contributed by atoms with van der Waals surface area (Å²) in [6, 6.07) is 0. The second-order valence-electron chi connectivity index (χ2n) is 4.71. The molecule has 15 heavy (non-hydrogen) atoms. The molecule has 0 saturated carbocycles. The lowest BCUT2D eigenvalue weighted by atomic mass is 9.90. The predicted octanol–water partition coefficient (Wildman–Crippen LogP) is 2.98. The van der Waals surface area contributed by atoms with Crippen LogP contribution in [-0.4, -0.2) is 18.9 Å². The highest BCUT2D eigenvalue weighted by Gasteiger charge is 2.30. The average Bonchev–Trinajstić information content (AvgIpc) is 2.16. The lowest BCUT2D eigenvalue weighted by molar-refractivity contribution is -0.197. The molecule has 0 fully saturated rings. The van der Waals surface area contributed by atoms with Gasteiger partial charge in [-0.2, -0.15) is 0 Å². The quantitative estimate of drug-likeness (QED) is 0.506. The number of ether oxygens (including phenoxy) is 2. The van der Waals surface area contributed by atoms with Gasteiger partial charge in [0, 0.05) is 12.5 Å². The van der Waals surface area contributed by atoms with E-state index >= 15 is 0 Å². The molecule has 0 N–H and O–H groups in total. The number of hydrogen-bond donors (Lipinski definition) is 0. The van der Waals surface area contributed by atoms with E-state index in [1.165, 1.54) is 0 Å². The molecule has 0 amide bonds. The van der Waals surface area contributed by atoms with E-state index < -0.39 is 11.7 Å². The Morgan fingerprint density at radius 3 is 2.13 bits per heavy atom. The van der Waals surface area contributed by atoms with Crippen LogP contribution in [0.15, 0.2) is 0 Å². The van der Waals surface area contributed by atoms with Crippen LogP contribution in [0.4, 0.5) is 0 Å². The zero-order chi connectivity index (χ0) is 12.1. The summed E-state index contributed by atoms with van der Waals surface area (Å²) in [5.41, 5.74) is -0.426. The van der Waals surface area contributed by atoms with Crippen molar-refractivity contribution in [1.82, 2.24) is 0 Å². The van der Waals surface area contributed by atoms with Crippen molar-refractivity contribution in [3.8, 4) is 0 Å². The second-order valence-corrected chi connectivity index (χ2v) is 4.71. The first-order chi connectivity index (χ1) is 6.85. The third-order valence-corrected chi connectivity index (χ3v) is 2.53. The smallest absolute Gasteiger partial charge is 0.313 e. The highest BCUT2D eigenvalue weighted by atomic mass is 16.7. The highest BCUT2D eigenvalue weighted by Crippen LogP contribution is 2.23. The van der Waals surface area contributed by atoms with Gasteiger partial charge in [-0.1, -0.05) is 20.8 Å². The fraction of sp³-hybridized carbons (Fsp3) is 0.917. The Balaban J connectivity index is 4.35. The standard InChI is InChI=1S/C12H24O3/c1-7-12(5,6)11(13)15-10(9(3)4)14-8-2/h9-10H,7-8H2,1-6H3. The molecule has 0 bridgehead atoms. The Morgan fingerprint density at radius 1 is 1.27 bits per heavy atom. The van der Waals surface area contributed by atoms with Gasteiger partial charge in [0.1, 0.15) is 0 Å². The molecule has 0 aliphatic carbocycles. The maximum absolute atomic E-state index is 11.8. The van der Waals surface area contributed by atoms with Crippen LogP contribution < -0.4 is 0 Å². The molecule has 0 heterocycles. The summed E-state index contributed by atoms with van der Waals surface area (Å²) in [6.07, 6.45) is 0.344. The third kappa shape index (κ3) is 4.65. The molecule has 1 atom stereocenters. The summed E-state index contributed by atoms with van der Waals surface area (Å²) in [6.45, 7) is 12.2. The Kier molecular flexibility index (Phi) is 5.88. The van der Waals surface area contributed by atoms with E-state index in [2.05, 4.69) is 0 Å². The van der Waals surface area contributed by atoms with Crippen LogP contribution in [-0.2, 0) is 14.3 Å². The van der Waals surface area contributed by atoms with E-state index in [9.17, 15) is 4.79 Å². The van der Waals surface area contributed by atoms with Gasteiger partial charge in [0.25, 0.3) is 0 Å². The monoisotopic (exact) mass is 216 g/mol. The van der Waals surface area contributed by atoms with Crippen molar-refractivity contribution >= 4 is 5.97 Å². The van der Waals surface area contributed by atoms with Gasteiger partial charge in [-0.05, 0) is 27.2 Å². The van der Waals surface area contributed by atoms with Crippen LogP contribution in [0, 0.1) is 11.3 Å². The maximum Gasteiger partial charge on any atom is 0.313 e. The highest BCUT2D eigenvalue weighted by molar-refractivity contribution is 5.75. The van der Waals surface area contributed by atoms with Crippen LogP contribution in [0.2, 0.25) is 0 Å². The Morgan fingerprint density at radius 2 is 1.80 bits per heavy atom. The van der Waals surface area contributed by atoms with E-state index in [1.807, 2.05) is 41.5 Å². The summed E-state index contributed by atoms with van der Waals surface area (Å²) in [4.78, 5) is 11.8. The molecule has 3 heteroatoms. The maximum atomic E-state index is 11.8. The van der Waals surface area contributed by atoms with E-state index in [0.717, 1.165) is 6.42 Å². The molecule has 0 aromatic rings. The summed E-state index contributed by atoms with van der Waals surface area (Å²) in [5.74, 6) is -0.00120. The van der Waals surface area contributed by atoms with Gasteiger partial charge in [0.2, 0.25) is 6.29 Å². The van der Waals surface area contributed by atoms with Crippen molar-refractivity contribution in [3.05, 3.63) is 0 Å². The molecule has 0 rings (SSSR count). The van der Waals surface area contributed by atoms with E-state index in [4.69, 9.17) is 9.47 Å². The summed E-state index contributed by atoms with van der Waals surface area (Å²) >= 11 is 0. The van der Waals surface area contributed by atoms with Crippen LogP contribution in [0.25, 0.3) is 0 Å². The first-order valence-corrected chi connectivity index (χ1v) is 5.67. The second kappa shape index (κ2) is 6.11. The first kappa shape index (κ1) is 14.4. The van der Waals surface area contributed by atoms with E-state index in [-0.39, 0.29) is 11.9 Å². The zero-order valence-corrected chi connectivity index (χ0v) is 10.8. The van der Waals surface area contributed by atoms with Gasteiger partial charge in [0.15, 0.2) is 0 Å². The Labute approximate surface area is 93.1 Å². The molecule has 3 nitrogen and oxygen atoms in total.